The Hall–Kier alpha value is -1.44. The van der Waals surface area contributed by atoms with Gasteiger partial charge in [-0.15, -0.1) is 0 Å². The van der Waals surface area contributed by atoms with Crippen LogP contribution in [0.2, 0.25) is 0 Å². The molecule has 0 spiro atoms. The number of alkyl halides is 3. The van der Waals surface area contributed by atoms with Crippen LogP contribution in [0.4, 0.5) is 19.1 Å². The summed E-state index contributed by atoms with van der Waals surface area (Å²) in [5.74, 6) is -0.185. The summed E-state index contributed by atoms with van der Waals surface area (Å²) < 4.78 is 38.7. The minimum Gasteiger partial charge on any atom is -0.376 e. The number of nitrogens with zero attached hydrogens (tertiary/aromatic N) is 2. The van der Waals surface area contributed by atoms with Crippen LogP contribution in [0.5, 0.6) is 0 Å². The van der Waals surface area contributed by atoms with E-state index in [-0.39, 0.29) is 16.6 Å². The van der Waals surface area contributed by atoms with E-state index in [0.717, 1.165) is 12.8 Å². The molecule has 18 heavy (non-hydrogen) atoms. The third kappa shape index (κ3) is 2.69. The fraction of sp³-hybridized carbons (Fsp3) is 0.500. The van der Waals surface area contributed by atoms with Gasteiger partial charge in [-0.25, -0.2) is 9.97 Å². The molecule has 0 bridgehead atoms. The number of fused-ring (bicyclic) bond motifs is 1. The molecule has 1 aliphatic rings. The van der Waals surface area contributed by atoms with E-state index in [0.29, 0.717) is 18.5 Å². The minimum atomic E-state index is -4.49. The van der Waals surface area contributed by atoms with Crippen molar-refractivity contribution < 1.29 is 13.2 Å². The first kappa shape index (κ1) is 13.0. The van der Waals surface area contributed by atoms with Crippen LogP contribution in [-0.2, 0) is 19.0 Å². The maximum Gasteiger partial charge on any atom is 0.433 e. The molecule has 0 radical (unpaired) electrons. The van der Waals surface area contributed by atoms with Gasteiger partial charge < -0.3 is 11.1 Å². The van der Waals surface area contributed by atoms with Crippen LogP contribution in [0.3, 0.4) is 0 Å². The molecule has 4 nitrogen and oxygen atoms in total. The Morgan fingerprint density at radius 1 is 1.22 bits per heavy atom. The summed E-state index contributed by atoms with van der Waals surface area (Å²) in [5, 5.41) is 2.20. The van der Waals surface area contributed by atoms with E-state index in [9.17, 15) is 13.2 Å². The molecule has 0 saturated heterocycles. The van der Waals surface area contributed by atoms with Crippen molar-refractivity contribution in [3.8, 4) is 0 Å². The third-order valence-corrected chi connectivity index (χ3v) is 2.79. The second kappa shape index (κ2) is 4.68. The number of aromatic nitrogens is 2. The first-order valence-electron chi connectivity index (χ1n) is 5.41. The highest BCUT2D eigenvalue weighted by molar-refractivity contribution is 7.80. The minimum absolute atomic E-state index is 0.154. The number of aryl methyl sites for hydroxylation is 1. The van der Waals surface area contributed by atoms with Crippen LogP contribution in [0, 0.1) is 0 Å². The average molecular weight is 276 g/mol. The molecule has 0 unspecified atom stereocenters. The van der Waals surface area contributed by atoms with Crippen LogP contribution in [0.15, 0.2) is 0 Å². The zero-order valence-corrected chi connectivity index (χ0v) is 10.2. The normalized spacial score (nSPS) is 15.1. The van der Waals surface area contributed by atoms with Gasteiger partial charge in [-0.05, 0) is 37.9 Å². The van der Waals surface area contributed by atoms with Crippen molar-refractivity contribution in [2.45, 2.75) is 31.9 Å². The van der Waals surface area contributed by atoms with Crippen molar-refractivity contribution in [1.29, 1.82) is 0 Å². The van der Waals surface area contributed by atoms with Gasteiger partial charge in [0.15, 0.2) is 10.8 Å². The van der Waals surface area contributed by atoms with E-state index in [1.54, 1.807) is 0 Å². The van der Waals surface area contributed by atoms with Crippen molar-refractivity contribution in [1.82, 2.24) is 9.97 Å². The Morgan fingerprint density at radius 2 is 1.89 bits per heavy atom. The summed E-state index contributed by atoms with van der Waals surface area (Å²) >= 11 is 4.57. The molecule has 1 aliphatic carbocycles. The molecule has 2 rings (SSSR count). The highest BCUT2D eigenvalue weighted by Gasteiger charge is 2.37. The molecule has 98 valence electrons. The molecule has 0 saturated carbocycles. The average Bonchev–Trinajstić information content (AvgIpc) is 2.25. The van der Waals surface area contributed by atoms with Gasteiger partial charge in [0, 0.05) is 11.3 Å². The summed E-state index contributed by atoms with van der Waals surface area (Å²) in [6.45, 7) is 0. The zero-order valence-electron chi connectivity index (χ0n) is 9.34. The molecule has 1 heterocycles. The van der Waals surface area contributed by atoms with Crippen molar-refractivity contribution in [2.75, 3.05) is 5.32 Å². The van der Waals surface area contributed by atoms with Gasteiger partial charge in [0.25, 0.3) is 0 Å². The van der Waals surface area contributed by atoms with Crippen LogP contribution in [0.1, 0.15) is 29.8 Å². The predicted molar refractivity (Wildman–Crippen MR) is 64.1 cm³/mol. The lowest BCUT2D eigenvalue weighted by Gasteiger charge is -2.20. The Labute approximate surface area is 107 Å². The number of hydrogen-bond acceptors (Lipinski definition) is 3. The fourth-order valence-electron chi connectivity index (χ4n) is 1.99. The summed E-state index contributed by atoms with van der Waals surface area (Å²) in [6.07, 6.45) is -2.06. The van der Waals surface area contributed by atoms with E-state index in [1.165, 1.54) is 0 Å². The van der Waals surface area contributed by atoms with Crippen molar-refractivity contribution in [3.05, 3.63) is 17.0 Å². The Bertz CT molecular complexity index is 487. The van der Waals surface area contributed by atoms with Gasteiger partial charge in [-0.1, -0.05) is 0 Å². The number of anilines is 1. The van der Waals surface area contributed by atoms with E-state index < -0.39 is 11.9 Å². The highest BCUT2D eigenvalue weighted by Crippen LogP contribution is 2.35. The van der Waals surface area contributed by atoms with Gasteiger partial charge in [-0.2, -0.15) is 13.2 Å². The van der Waals surface area contributed by atoms with Crippen LogP contribution in [-0.4, -0.2) is 15.1 Å². The maximum atomic E-state index is 12.9. The monoisotopic (exact) mass is 276 g/mol. The van der Waals surface area contributed by atoms with Crippen molar-refractivity contribution in [2.24, 2.45) is 5.73 Å². The van der Waals surface area contributed by atoms with Gasteiger partial charge in [0.05, 0.1) is 0 Å². The number of rotatable bonds is 1. The van der Waals surface area contributed by atoms with Gasteiger partial charge in [0.1, 0.15) is 0 Å². The second-order valence-electron chi connectivity index (χ2n) is 4.02. The van der Waals surface area contributed by atoms with E-state index in [4.69, 9.17) is 5.73 Å². The number of nitrogens with two attached hydrogens (primary N) is 1. The molecule has 3 N–H and O–H groups in total. The van der Waals surface area contributed by atoms with Crippen molar-refractivity contribution in [3.63, 3.8) is 0 Å². The van der Waals surface area contributed by atoms with E-state index in [1.807, 2.05) is 0 Å². The Balaban J connectivity index is 2.51. The number of thiocarbonyl (C=S) groups is 1. The van der Waals surface area contributed by atoms with Crippen LogP contribution < -0.4 is 11.1 Å². The molecular weight excluding hydrogens is 265 g/mol. The molecule has 0 amide bonds. The zero-order chi connectivity index (χ0) is 13.3. The summed E-state index contributed by atoms with van der Waals surface area (Å²) in [5.41, 5.74) is 4.96. The molecule has 0 fully saturated rings. The lowest BCUT2D eigenvalue weighted by Crippen LogP contribution is -2.24. The Morgan fingerprint density at radius 3 is 2.50 bits per heavy atom. The highest BCUT2D eigenvalue weighted by atomic mass is 32.1. The second-order valence-corrected chi connectivity index (χ2v) is 4.46. The standard InChI is InChI=1S/C10H11F3N4S/c11-10(12,13)7-5-3-1-2-4-6(5)15-9(16-7)17-8(14)18/h1-4H2,(H3,14,15,16,17,18). The quantitative estimate of drug-likeness (QED) is 0.768. The van der Waals surface area contributed by atoms with E-state index in [2.05, 4.69) is 27.5 Å². The van der Waals surface area contributed by atoms with Crippen LogP contribution in [0.25, 0.3) is 0 Å². The third-order valence-electron chi connectivity index (χ3n) is 2.69. The first-order valence-corrected chi connectivity index (χ1v) is 5.82. The van der Waals surface area contributed by atoms with Crippen molar-refractivity contribution >= 4 is 23.3 Å². The lowest BCUT2D eigenvalue weighted by atomic mass is 9.94. The predicted octanol–water partition coefficient (Wildman–Crippen LogP) is 2.03. The molecule has 0 aromatic carbocycles. The topological polar surface area (TPSA) is 63.8 Å². The molecule has 1 aromatic heterocycles. The number of hydrogen-bond donors (Lipinski definition) is 2. The molecule has 0 aliphatic heterocycles. The molecule has 8 heteroatoms. The summed E-state index contributed by atoms with van der Waals surface area (Å²) in [6, 6.07) is 0. The summed E-state index contributed by atoms with van der Waals surface area (Å²) in [4.78, 5) is 7.52. The number of nitrogens with one attached hydrogen (secondary N) is 1. The summed E-state index contributed by atoms with van der Waals surface area (Å²) in [7, 11) is 0. The van der Waals surface area contributed by atoms with Gasteiger partial charge in [0.2, 0.25) is 5.95 Å². The largest absolute Gasteiger partial charge is 0.433 e. The molecule has 1 aromatic rings. The first-order chi connectivity index (χ1) is 8.38. The fourth-order valence-corrected chi connectivity index (χ4v) is 2.09. The van der Waals surface area contributed by atoms with Crippen LogP contribution >= 0.6 is 12.2 Å². The molecule has 0 atom stereocenters. The lowest BCUT2D eigenvalue weighted by molar-refractivity contribution is -0.141. The Kier molecular flexibility index (Phi) is 3.38. The number of halogens is 3. The molecular formula is C10H11F3N4S. The smallest absolute Gasteiger partial charge is 0.376 e. The maximum absolute atomic E-state index is 12.9. The SMILES string of the molecule is NC(=S)Nc1nc2c(c(C(F)(F)F)n1)CCCC2. The van der Waals surface area contributed by atoms with E-state index >= 15 is 0 Å². The van der Waals surface area contributed by atoms with Gasteiger partial charge >= 0.3 is 6.18 Å². The van der Waals surface area contributed by atoms with Gasteiger partial charge in [-0.3, -0.25) is 0 Å².